The van der Waals surface area contributed by atoms with Crippen LogP contribution in [0.25, 0.3) is 33.8 Å². The fourth-order valence-electron chi connectivity index (χ4n) is 2.53. The van der Waals surface area contributed by atoms with E-state index in [9.17, 15) is 4.79 Å². The van der Waals surface area contributed by atoms with Crippen LogP contribution in [0.5, 0.6) is 0 Å². The summed E-state index contributed by atoms with van der Waals surface area (Å²) in [4.78, 5) is 19.3. The first-order valence-corrected chi connectivity index (χ1v) is 7.34. The largest absolute Gasteiger partial charge is 0.453 e. The summed E-state index contributed by atoms with van der Waals surface area (Å²) in [6.45, 7) is 0. The topological polar surface area (TPSA) is 82.7 Å². The van der Waals surface area contributed by atoms with Crippen LogP contribution in [0.2, 0.25) is 0 Å². The van der Waals surface area contributed by atoms with E-state index in [-0.39, 0.29) is 5.56 Å². The van der Waals surface area contributed by atoms with Gasteiger partial charge in [0.2, 0.25) is 0 Å². The number of hydrogen-bond donors (Lipinski definition) is 1. The Morgan fingerprint density at radius 3 is 2.50 bits per heavy atom. The third kappa shape index (κ3) is 2.36. The summed E-state index contributed by atoms with van der Waals surface area (Å²) in [6.07, 6.45) is 0. The average Bonchev–Trinajstić information content (AvgIpc) is 3.12. The van der Waals surface area contributed by atoms with Crippen LogP contribution in [0.1, 0.15) is 5.56 Å². The Kier molecular flexibility index (Phi) is 3.22. The van der Waals surface area contributed by atoms with Crippen LogP contribution in [-0.4, -0.2) is 9.97 Å². The molecule has 0 spiro atoms. The first-order chi connectivity index (χ1) is 11.7. The van der Waals surface area contributed by atoms with Gasteiger partial charge in [-0.05, 0) is 48.5 Å². The molecule has 2 heterocycles. The van der Waals surface area contributed by atoms with E-state index in [2.05, 4.69) is 16.0 Å². The number of rotatable bonds is 2. The second kappa shape index (κ2) is 5.52. The maximum Gasteiger partial charge on any atom is 0.259 e. The average molecular weight is 313 g/mol. The summed E-state index contributed by atoms with van der Waals surface area (Å²) in [6, 6.07) is 19.9. The number of hydrogen-bond acceptors (Lipinski definition) is 4. The summed E-state index contributed by atoms with van der Waals surface area (Å²) in [5.41, 5.74) is 1.86. The maximum absolute atomic E-state index is 12.2. The molecule has 0 saturated carbocycles. The lowest BCUT2D eigenvalue weighted by Crippen LogP contribution is -2.08. The molecule has 5 heteroatoms. The fourth-order valence-corrected chi connectivity index (χ4v) is 2.53. The van der Waals surface area contributed by atoms with Gasteiger partial charge in [0.15, 0.2) is 11.6 Å². The van der Waals surface area contributed by atoms with Gasteiger partial charge in [0.05, 0.1) is 22.5 Å². The minimum absolute atomic E-state index is 0.202. The van der Waals surface area contributed by atoms with Crippen LogP contribution in [0, 0.1) is 11.3 Å². The summed E-state index contributed by atoms with van der Waals surface area (Å²) < 4.78 is 5.82. The quantitative estimate of drug-likeness (QED) is 0.611. The van der Waals surface area contributed by atoms with Crippen molar-refractivity contribution in [1.82, 2.24) is 9.97 Å². The van der Waals surface area contributed by atoms with E-state index >= 15 is 0 Å². The van der Waals surface area contributed by atoms with Gasteiger partial charge in [0.1, 0.15) is 5.76 Å². The van der Waals surface area contributed by atoms with Crippen molar-refractivity contribution in [1.29, 1.82) is 5.26 Å². The van der Waals surface area contributed by atoms with Gasteiger partial charge in [-0.3, -0.25) is 4.79 Å². The standard InChI is InChI=1S/C19H11N3O2/c20-11-12-5-7-13(8-6-12)16-9-10-17(24-16)18-21-15-4-2-1-3-14(15)19(23)22-18/h1-10H,(H,21,22,23). The molecule has 0 atom stereocenters. The Bertz CT molecular complexity index is 1130. The molecular weight excluding hydrogens is 302 g/mol. The number of nitrogens with zero attached hydrogens (tertiary/aromatic N) is 2. The molecule has 0 unspecified atom stereocenters. The van der Waals surface area contributed by atoms with E-state index in [1.165, 1.54) is 0 Å². The van der Waals surface area contributed by atoms with E-state index in [4.69, 9.17) is 9.68 Å². The minimum atomic E-state index is -0.202. The highest BCUT2D eigenvalue weighted by Crippen LogP contribution is 2.27. The zero-order valence-corrected chi connectivity index (χ0v) is 12.5. The molecular formula is C19H11N3O2. The molecule has 24 heavy (non-hydrogen) atoms. The molecule has 1 N–H and O–H groups in total. The Hall–Kier alpha value is -3.65. The van der Waals surface area contributed by atoms with Gasteiger partial charge in [0.25, 0.3) is 5.56 Å². The number of para-hydroxylation sites is 1. The molecule has 2 aromatic carbocycles. The van der Waals surface area contributed by atoms with Gasteiger partial charge in [0, 0.05) is 5.56 Å². The molecule has 0 aliphatic heterocycles. The lowest BCUT2D eigenvalue weighted by Gasteiger charge is -2.00. The van der Waals surface area contributed by atoms with E-state index in [1.807, 2.05) is 24.3 Å². The number of aromatic amines is 1. The van der Waals surface area contributed by atoms with E-state index in [1.54, 1.807) is 36.4 Å². The number of nitriles is 1. The third-order valence-electron chi connectivity index (χ3n) is 3.75. The maximum atomic E-state index is 12.2. The van der Waals surface area contributed by atoms with Gasteiger partial charge < -0.3 is 9.40 Å². The van der Waals surface area contributed by atoms with Gasteiger partial charge in [-0.25, -0.2) is 4.98 Å². The number of aromatic nitrogens is 2. The Morgan fingerprint density at radius 1 is 0.958 bits per heavy atom. The molecule has 0 bridgehead atoms. The van der Waals surface area contributed by atoms with Crippen LogP contribution in [-0.2, 0) is 0 Å². The van der Waals surface area contributed by atoms with Crippen molar-refractivity contribution in [3.8, 4) is 29.0 Å². The number of fused-ring (bicyclic) bond motifs is 1. The molecule has 0 saturated heterocycles. The molecule has 5 nitrogen and oxygen atoms in total. The van der Waals surface area contributed by atoms with E-state index in [0.717, 1.165) is 5.56 Å². The Balaban J connectivity index is 1.77. The van der Waals surface area contributed by atoms with E-state index in [0.29, 0.717) is 33.8 Å². The van der Waals surface area contributed by atoms with Crippen LogP contribution in [0.15, 0.2) is 69.9 Å². The molecule has 0 aliphatic rings. The van der Waals surface area contributed by atoms with Crippen LogP contribution < -0.4 is 5.56 Å². The predicted octanol–water partition coefficient (Wildman–Crippen LogP) is 3.72. The van der Waals surface area contributed by atoms with Crippen LogP contribution in [0.3, 0.4) is 0 Å². The monoisotopic (exact) mass is 313 g/mol. The molecule has 4 aromatic rings. The summed E-state index contributed by atoms with van der Waals surface area (Å²) >= 11 is 0. The number of benzene rings is 2. The summed E-state index contributed by atoms with van der Waals surface area (Å²) in [5.74, 6) is 1.51. The first-order valence-electron chi connectivity index (χ1n) is 7.34. The van der Waals surface area contributed by atoms with Crippen molar-refractivity contribution in [2.45, 2.75) is 0 Å². The molecule has 4 rings (SSSR count). The number of H-pyrrole nitrogens is 1. The highest BCUT2D eigenvalue weighted by atomic mass is 16.3. The Labute approximate surface area is 136 Å². The lowest BCUT2D eigenvalue weighted by molar-refractivity contribution is 0.592. The smallest absolute Gasteiger partial charge is 0.259 e. The van der Waals surface area contributed by atoms with E-state index < -0.39 is 0 Å². The first kappa shape index (κ1) is 14.0. The zero-order valence-electron chi connectivity index (χ0n) is 12.5. The number of furan rings is 1. The Morgan fingerprint density at radius 2 is 1.71 bits per heavy atom. The van der Waals surface area contributed by atoms with Crippen LogP contribution >= 0.6 is 0 Å². The summed E-state index contributed by atoms with van der Waals surface area (Å²) in [5, 5.41) is 9.39. The highest BCUT2D eigenvalue weighted by molar-refractivity contribution is 5.79. The third-order valence-corrected chi connectivity index (χ3v) is 3.75. The van der Waals surface area contributed by atoms with Crippen LogP contribution in [0.4, 0.5) is 0 Å². The molecule has 2 aromatic heterocycles. The highest BCUT2D eigenvalue weighted by Gasteiger charge is 2.11. The molecule has 0 fully saturated rings. The fraction of sp³-hybridized carbons (Fsp3) is 0. The normalized spacial score (nSPS) is 10.6. The molecule has 114 valence electrons. The second-order valence-corrected chi connectivity index (χ2v) is 5.28. The number of nitrogens with one attached hydrogen (secondary N) is 1. The predicted molar refractivity (Wildman–Crippen MR) is 90.2 cm³/mol. The van der Waals surface area contributed by atoms with Crippen molar-refractivity contribution in [2.24, 2.45) is 0 Å². The van der Waals surface area contributed by atoms with Crippen molar-refractivity contribution in [2.75, 3.05) is 0 Å². The SMILES string of the molecule is N#Cc1ccc(-c2ccc(-c3nc4ccccc4c(=O)[nH]3)o2)cc1. The van der Waals surface area contributed by atoms with Gasteiger partial charge in [-0.1, -0.05) is 12.1 Å². The lowest BCUT2D eigenvalue weighted by atomic mass is 10.1. The zero-order chi connectivity index (χ0) is 16.5. The second-order valence-electron chi connectivity index (χ2n) is 5.28. The van der Waals surface area contributed by atoms with Gasteiger partial charge in [-0.15, -0.1) is 0 Å². The van der Waals surface area contributed by atoms with Crippen molar-refractivity contribution in [3.63, 3.8) is 0 Å². The molecule has 0 aliphatic carbocycles. The van der Waals surface area contributed by atoms with Gasteiger partial charge in [-0.2, -0.15) is 5.26 Å². The molecule has 0 amide bonds. The summed E-state index contributed by atoms with van der Waals surface area (Å²) in [7, 11) is 0. The molecule has 0 radical (unpaired) electrons. The van der Waals surface area contributed by atoms with Crippen molar-refractivity contribution < 1.29 is 4.42 Å². The minimum Gasteiger partial charge on any atom is -0.453 e. The van der Waals surface area contributed by atoms with Gasteiger partial charge >= 0.3 is 0 Å². The van der Waals surface area contributed by atoms with Crippen molar-refractivity contribution >= 4 is 10.9 Å². The van der Waals surface area contributed by atoms with Crippen molar-refractivity contribution in [3.05, 3.63) is 76.6 Å².